The number of carbonyl (C=O) groups is 4. The van der Waals surface area contributed by atoms with E-state index in [0.29, 0.717) is 23.3 Å². The maximum Gasteiger partial charge on any atom is 0.258 e. The maximum atomic E-state index is 11.9. The van der Waals surface area contributed by atoms with Crippen LogP contribution in [0, 0.1) is 0 Å². The van der Waals surface area contributed by atoms with Gasteiger partial charge in [-0.15, -0.1) is 0 Å². The van der Waals surface area contributed by atoms with Crippen LogP contribution in [0.2, 0.25) is 0 Å². The van der Waals surface area contributed by atoms with Crippen LogP contribution in [-0.2, 0) is 16.1 Å². The Morgan fingerprint density at radius 2 is 1.52 bits per heavy atom. The molecule has 0 bridgehead atoms. The number of carbonyl (C=O) groups excluding carboxylic acids is 4. The summed E-state index contributed by atoms with van der Waals surface area (Å²) in [6, 6.07) is 13.2. The van der Waals surface area contributed by atoms with E-state index >= 15 is 0 Å². The van der Waals surface area contributed by atoms with Gasteiger partial charge in [-0.1, -0.05) is 19.1 Å². The fourth-order valence-electron chi connectivity index (χ4n) is 2.39. The van der Waals surface area contributed by atoms with Crippen LogP contribution in [0.15, 0.2) is 48.5 Å². The molecule has 2 aromatic rings. The minimum absolute atomic E-state index is 0.0469. The lowest BCUT2D eigenvalue weighted by Crippen LogP contribution is -2.33. The Morgan fingerprint density at radius 1 is 0.897 bits per heavy atom. The number of nitrogens with two attached hydrogens (primary N) is 1. The van der Waals surface area contributed by atoms with Gasteiger partial charge in [0.15, 0.2) is 12.4 Å². The minimum Gasteiger partial charge on any atom is -0.484 e. The molecule has 0 aliphatic heterocycles. The zero-order valence-electron chi connectivity index (χ0n) is 16.1. The van der Waals surface area contributed by atoms with E-state index < -0.39 is 11.8 Å². The van der Waals surface area contributed by atoms with E-state index in [1.54, 1.807) is 55.5 Å². The molecule has 2 aromatic carbocycles. The van der Waals surface area contributed by atoms with Gasteiger partial charge in [0.1, 0.15) is 5.75 Å². The van der Waals surface area contributed by atoms with Crippen LogP contribution < -0.4 is 21.1 Å². The van der Waals surface area contributed by atoms with Crippen LogP contribution in [0.5, 0.6) is 5.75 Å². The first kappa shape index (κ1) is 21.6. The second-order valence-electron chi connectivity index (χ2n) is 6.21. The smallest absolute Gasteiger partial charge is 0.258 e. The summed E-state index contributed by atoms with van der Waals surface area (Å²) in [5.41, 5.74) is 6.77. The number of hydrogen-bond donors (Lipinski definition) is 3. The van der Waals surface area contributed by atoms with Gasteiger partial charge in [0.25, 0.3) is 11.8 Å². The zero-order chi connectivity index (χ0) is 21.2. The lowest BCUT2D eigenvalue weighted by Gasteiger charge is -2.09. The highest BCUT2D eigenvalue weighted by molar-refractivity contribution is 5.96. The Hall–Kier alpha value is -3.68. The number of ketones is 1. The third kappa shape index (κ3) is 7.10. The largest absolute Gasteiger partial charge is 0.484 e. The van der Waals surface area contributed by atoms with Gasteiger partial charge in [0, 0.05) is 24.1 Å². The van der Waals surface area contributed by atoms with Gasteiger partial charge in [0.05, 0.1) is 6.54 Å². The predicted molar refractivity (Wildman–Crippen MR) is 106 cm³/mol. The number of benzene rings is 2. The summed E-state index contributed by atoms with van der Waals surface area (Å²) < 4.78 is 5.41. The Labute approximate surface area is 168 Å². The molecule has 0 radical (unpaired) electrons. The normalized spacial score (nSPS) is 10.1. The van der Waals surface area contributed by atoms with Gasteiger partial charge in [0.2, 0.25) is 5.91 Å². The van der Waals surface area contributed by atoms with Gasteiger partial charge >= 0.3 is 0 Å². The fourth-order valence-corrected chi connectivity index (χ4v) is 2.39. The van der Waals surface area contributed by atoms with Gasteiger partial charge in [-0.05, 0) is 42.0 Å². The first-order valence-electron chi connectivity index (χ1n) is 9.07. The summed E-state index contributed by atoms with van der Waals surface area (Å²) in [4.78, 5) is 46.0. The Morgan fingerprint density at radius 3 is 2.10 bits per heavy atom. The summed E-state index contributed by atoms with van der Waals surface area (Å²) in [5.74, 6) is -0.781. The van der Waals surface area contributed by atoms with E-state index in [4.69, 9.17) is 10.5 Å². The van der Waals surface area contributed by atoms with Crippen LogP contribution in [0.25, 0.3) is 0 Å². The maximum absolute atomic E-state index is 11.9. The molecule has 0 aliphatic carbocycles. The number of primary amides is 1. The standard InChI is InChI=1S/C21H23N3O5/c1-2-18(25)15-7-9-17(10-8-15)29-13-20(27)23-11-14-3-5-16(6-4-14)21(28)24-12-19(22)26/h3-10H,2,11-13H2,1H3,(H2,22,26)(H,23,27)(H,24,28). The van der Waals surface area contributed by atoms with Gasteiger partial charge in [-0.3, -0.25) is 19.2 Å². The van der Waals surface area contributed by atoms with Gasteiger partial charge in [-0.2, -0.15) is 0 Å². The van der Waals surface area contributed by atoms with Crippen LogP contribution in [0.1, 0.15) is 39.6 Å². The molecule has 152 valence electrons. The quantitative estimate of drug-likeness (QED) is 0.519. The fraction of sp³-hybridized carbons (Fsp3) is 0.238. The molecule has 0 atom stereocenters. The first-order valence-corrected chi connectivity index (χ1v) is 9.07. The number of Topliss-reactive ketones (excluding diaryl/α,β-unsaturated/α-hetero) is 1. The number of ether oxygens (including phenoxy) is 1. The Kier molecular flexibility index (Phi) is 7.90. The third-order valence-corrected chi connectivity index (χ3v) is 4.00. The van der Waals surface area contributed by atoms with E-state index in [-0.39, 0.29) is 31.4 Å². The summed E-state index contributed by atoms with van der Waals surface area (Å²) in [6.07, 6.45) is 0.432. The van der Waals surface area contributed by atoms with Crippen LogP contribution >= 0.6 is 0 Å². The van der Waals surface area contributed by atoms with E-state index in [0.717, 1.165) is 5.56 Å². The summed E-state index contributed by atoms with van der Waals surface area (Å²) in [7, 11) is 0. The SMILES string of the molecule is CCC(=O)c1ccc(OCC(=O)NCc2ccc(C(=O)NCC(N)=O)cc2)cc1. The van der Waals surface area contributed by atoms with Gasteiger partial charge in [-0.25, -0.2) is 0 Å². The molecule has 29 heavy (non-hydrogen) atoms. The first-order chi connectivity index (χ1) is 13.9. The molecule has 0 unspecified atom stereocenters. The summed E-state index contributed by atoms with van der Waals surface area (Å²) >= 11 is 0. The summed E-state index contributed by atoms with van der Waals surface area (Å²) in [6.45, 7) is 1.68. The second-order valence-corrected chi connectivity index (χ2v) is 6.21. The van der Waals surface area contributed by atoms with E-state index in [9.17, 15) is 19.2 Å². The van der Waals surface area contributed by atoms with E-state index in [2.05, 4.69) is 10.6 Å². The van der Waals surface area contributed by atoms with Gasteiger partial charge < -0.3 is 21.1 Å². The third-order valence-electron chi connectivity index (χ3n) is 4.00. The zero-order valence-corrected chi connectivity index (χ0v) is 16.1. The van der Waals surface area contributed by atoms with E-state index in [1.807, 2.05) is 0 Å². The molecule has 0 aliphatic rings. The number of amides is 3. The highest BCUT2D eigenvalue weighted by Crippen LogP contribution is 2.13. The molecule has 2 rings (SSSR count). The van der Waals surface area contributed by atoms with Crippen molar-refractivity contribution in [2.24, 2.45) is 5.73 Å². The van der Waals surface area contributed by atoms with Crippen LogP contribution in [0.4, 0.5) is 0 Å². The molecule has 3 amide bonds. The van der Waals surface area contributed by atoms with Crippen LogP contribution in [-0.4, -0.2) is 36.7 Å². The molecule has 0 spiro atoms. The van der Waals surface area contributed by atoms with Crippen molar-refractivity contribution in [3.05, 3.63) is 65.2 Å². The highest BCUT2D eigenvalue weighted by Gasteiger charge is 2.08. The van der Waals surface area contributed by atoms with Crippen molar-refractivity contribution in [3.8, 4) is 5.75 Å². The van der Waals surface area contributed by atoms with Crippen molar-refractivity contribution < 1.29 is 23.9 Å². The molecule has 0 fully saturated rings. The monoisotopic (exact) mass is 397 g/mol. The van der Waals surface area contributed by atoms with Crippen molar-refractivity contribution in [1.82, 2.24) is 10.6 Å². The average molecular weight is 397 g/mol. The molecular formula is C21H23N3O5. The molecule has 4 N–H and O–H groups in total. The molecule has 0 saturated carbocycles. The van der Waals surface area contributed by atoms with Crippen LogP contribution in [0.3, 0.4) is 0 Å². The van der Waals surface area contributed by atoms with Crippen molar-refractivity contribution in [3.63, 3.8) is 0 Å². The lowest BCUT2D eigenvalue weighted by atomic mass is 10.1. The number of nitrogens with one attached hydrogen (secondary N) is 2. The molecule has 8 heteroatoms. The molecule has 0 saturated heterocycles. The van der Waals surface area contributed by atoms with Crippen molar-refractivity contribution in [1.29, 1.82) is 0 Å². The Balaban J connectivity index is 1.76. The molecule has 0 aromatic heterocycles. The predicted octanol–water partition coefficient (Wildman–Crippen LogP) is 1.19. The second kappa shape index (κ2) is 10.6. The van der Waals surface area contributed by atoms with Crippen molar-refractivity contribution in [2.75, 3.05) is 13.2 Å². The van der Waals surface area contributed by atoms with Crippen molar-refractivity contribution in [2.45, 2.75) is 19.9 Å². The lowest BCUT2D eigenvalue weighted by molar-refractivity contribution is -0.123. The Bertz CT molecular complexity index is 876. The average Bonchev–Trinajstić information content (AvgIpc) is 2.74. The molecule has 8 nitrogen and oxygen atoms in total. The van der Waals surface area contributed by atoms with E-state index in [1.165, 1.54) is 0 Å². The van der Waals surface area contributed by atoms with Crippen molar-refractivity contribution >= 4 is 23.5 Å². The minimum atomic E-state index is -0.620. The molecular weight excluding hydrogens is 374 g/mol. The topological polar surface area (TPSA) is 128 Å². The molecule has 0 heterocycles. The number of rotatable bonds is 10. The highest BCUT2D eigenvalue weighted by atomic mass is 16.5. The number of hydrogen-bond acceptors (Lipinski definition) is 5. The summed E-state index contributed by atoms with van der Waals surface area (Å²) in [5, 5.41) is 5.11.